The molecule has 0 atom stereocenters. The summed E-state index contributed by atoms with van der Waals surface area (Å²) in [6.45, 7) is 2.76. The Bertz CT molecular complexity index is 523. The summed E-state index contributed by atoms with van der Waals surface area (Å²) >= 11 is 0. The first kappa shape index (κ1) is 14.2. The Hall–Kier alpha value is -2.24. The number of carbonyl (C=O) groups excluding carboxylic acids is 2. The maximum Gasteiger partial charge on any atom is 0.379 e. The van der Waals surface area contributed by atoms with Crippen LogP contribution in [-0.4, -0.2) is 38.7 Å². The van der Waals surface area contributed by atoms with Crippen molar-refractivity contribution >= 4 is 11.8 Å². The van der Waals surface area contributed by atoms with Crippen LogP contribution in [0.25, 0.3) is 0 Å². The quantitative estimate of drug-likeness (QED) is 0.474. The number of rotatable bonds is 4. The Balaban J connectivity index is 2.41. The lowest BCUT2D eigenvalue weighted by Crippen LogP contribution is -2.18. The third-order valence-corrected chi connectivity index (χ3v) is 2.78. The SMILES string of the molecule is CCOC(=O)C(=O)c1ccc2c(c1OC)OCCCO2. The van der Waals surface area contributed by atoms with Crippen LogP contribution >= 0.6 is 0 Å². The molecule has 0 bridgehead atoms. The minimum atomic E-state index is -0.916. The van der Waals surface area contributed by atoms with E-state index in [9.17, 15) is 9.59 Å². The molecule has 0 aromatic heterocycles. The van der Waals surface area contributed by atoms with E-state index in [1.807, 2.05) is 0 Å². The number of benzene rings is 1. The van der Waals surface area contributed by atoms with E-state index in [4.69, 9.17) is 18.9 Å². The van der Waals surface area contributed by atoms with Gasteiger partial charge in [0.2, 0.25) is 5.75 Å². The normalized spacial score (nSPS) is 13.3. The number of hydrogen-bond donors (Lipinski definition) is 0. The van der Waals surface area contributed by atoms with Gasteiger partial charge in [-0.25, -0.2) is 4.79 Å². The van der Waals surface area contributed by atoms with Gasteiger partial charge in [0.05, 0.1) is 32.5 Å². The lowest BCUT2D eigenvalue weighted by molar-refractivity contribution is -0.137. The van der Waals surface area contributed by atoms with E-state index in [0.29, 0.717) is 24.7 Å². The van der Waals surface area contributed by atoms with Crippen LogP contribution in [0.1, 0.15) is 23.7 Å². The molecule has 0 saturated heterocycles. The Kier molecular flexibility index (Phi) is 4.45. The number of Topliss-reactive ketones (excluding diaryl/α,β-unsaturated/α-hetero) is 1. The fourth-order valence-electron chi connectivity index (χ4n) is 1.90. The van der Waals surface area contributed by atoms with Crippen LogP contribution in [0.5, 0.6) is 17.2 Å². The summed E-state index contributed by atoms with van der Waals surface area (Å²) in [5.74, 6) is -0.637. The Morgan fingerprint density at radius 2 is 2.00 bits per heavy atom. The third kappa shape index (κ3) is 2.68. The molecule has 0 aliphatic carbocycles. The van der Waals surface area contributed by atoms with Crippen molar-refractivity contribution in [3.8, 4) is 17.2 Å². The van der Waals surface area contributed by atoms with E-state index in [2.05, 4.69) is 0 Å². The Labute approximate surface area is 116 Å². The van der Waals surface area contributed by atoms with Gasteiger partial charge in [0.25, 0.3) is 5.78 Å². The highest BCUT2D eigenvalue weighted by Gasteiger charge is 2.27. The second kappa shape index (κ2) is 6.27. The van der Waals surface area contributed by atoms with E-state index in [-0.39, 0.29) is 17.9 Å². The van der Waals surface area contributed by atoms with Gasteiger partial charge in [-0.3, -0.25) is 4.79 Å². The van der Waals surface area contributed by atoms with Crippen molar-refractivity contribution in [3.05, 3.63) is 17.7 Å². The predicted molar refractivity (Wildman–Crippen MR) is 69.6 cm³/mol. The molecule has 1 aromatic rings. The van der Waals surface area contributed by atoms with Gasteiger partial charge in [-0.05, 0) is 19.1 Å². The van der Waals surface area contributed by atoms with Gasteiger partial charge in [0.1, 0.15) is 0 Å². The van der Waals surface area contributed by atoms with Gasteiger partial charge in [0.15, 0.2) is 11.5 Å². The first-order valence-electron chi connectivity index (χ1n) is 6.37. The van der Waals surface area contributed by atoms with E-state index in [0.717, 1.165) is 6.42 Å². The molecular formula is C14H16O6. The van der Waals surface area contributed by atoms with Gasteiger partial charge in [-0.1, -0.05) is 0 Å². The van der Waals surface area contributed by atoms with Crippen molar-refractivity contribution < 1.29 is 28.5 Å². The van der Waals surface area contributed by atoms with Gasteiger partial charge in [-0.2, -0.15) is 0 Å². The molecule has 6 nitrogen and oxygen atoms in total. The van der Waals surface area contributed by atoms with Crippen LogP contribution in [0.15, 0.2) is 12.1 Å². The van der Waals surface area contributed by atoms with Crippen molar-refractivity contribution in [1.82, 2.24) is 0 Å². The topological polar surface area (TPSA) is 71.1 Å². The van der Waals surface area contributed by atoms with Crippen LogP contribution in [0.4, 0.5) is 0 Å². The van der Waals surface area contributed by atoms with E-state index < -0.39 is 11.8 Å². The fourth-order valence-corrected chi connectivity index (χ4v) is 1.90. The molecule has 1 aromatic carbocycles. The second-order valence-corrected chi connectivity index (χ2v) is 4.07. The second-order valence-electron chi connectivity index (χ2n) is 4.07. The van der Waals surface area contributed by atoms with Crippen molar-refractivity contribution in [3.63, 3.8) is 0 Å². The van der Waals surface area contributed by atoms with Crippen LogP contribution in [0.3, 0.4) is 0 Å². The zero-order valence-electron chi connectivity index (χ0n) is 11.4. The standard InChI is InChI=1S/C14H16O6/c1-3-18-14(16)11(15)9-5-6-10-13(12(9)17-2)20-8-4-7-19-10/h5-6H,3-4,7-8H2,1-2H3. The summed E-state index contributed by atoms with van der Waals surface area (Å²) in [5.41, 5.74) is 0.107. The summed E-state index contributed by atoms with van der Waals surface area (Å²) in [6, 6.07) is 3.07. The minimum Gasteiger partial charge on any atom is -0.492 e. The average molecular weight is 280 g/mol. The van der Waals surface area contributed by atoms with Crippen molar-refractivity contribution in [2.75, 3.05) is 26.9 Å². The molecule has 0 fully saturated rings. The molecule has 0 amide bonds. The maximum absolute atomic E-state index is 12.0. The van der Waals surface area contributed by atoms with Crippen LogP contribution in [0.2, 0.25) is 0 Å². The molecule has 0 spiro atoms. The number of carbonyl (C=O) groups is 2. The predicted octanol–water partition coefficient (Wildman–Crippen LogP) is 1.60. The molecule has 0 N–H and O–H groups in total. The number of esters is 1. The zero-order chi connectivity index (χ0) is 14.5. The fraction of sp³-hybridized carbons (Fsp3) is 0.429. The van der Waals surface area contributed by atoms with E-state index in [1.54, 1.807) is 13.0 Å². The maximum atomic E-state index is 12.0. The van der Waals surface area contributed by atoms with Gasteiger partial charge >= 0.3 is 5.97 Å². The first-order valence-corrected chi connectivity index (χ1v) is 6.37. The highest BCUT2D eigenvalue weighted by Crippen LogP contribution is 2.41. The molecular weight excluding hydrogens is 264 g/mol. The number of hydrogen-bond acceptors (Lipinski definition) is 6. The minimum absolute atomic E-state index is 0.107. The largest absolute Gasteiger partial charge is 0.492 e. The molecule has 0 unspecified atom stereocenters. The zero-order valence-corrected chi connectivity index (χ0v) is 11.4. The number of methoxy groups -OCH3 is 1. The molecule has 20 heavy (non-hydrogen) atoms. The van der Waals surface area contributed by atoms with Crippen LogP contribution in [0, 0.1) is 0 Å². The van der Waals surface area contributed by atoms with Crippen molar-refractivity contribution in [2.24, 2.45) is 0 Å². The van der Waals surface area contributed by atoms with E-state index >= 15 is 0 Å². The van der Waals surface area contributed by atoms with Gasteiger partial charge in [-0.15, -0.1) is 0 Å². The molecule has 0 saturated carbocycles. The summed E-state index contributed by atoms with van der Waals surface area (Å²) in [7, 11) is 1.41. The van der Waals surface area contributed by atoms with E-state index in [1.165, 1.54) is 13.2 Å². The molecule has 1 aliphatic rings. The van der Waals surface area contributed by atoms with Gasteiger partial charge < -0.3 is 18.9 Å². The highest BCUT2D eigenvalue weighted by molar-refractivity contribution is 6.41. The van der Waals surface area contributed by atoms with Crippen molar-refractivity contribution in [1.29, 1.82) is 0 Å². The van der Waals surface area contributed by atoms with Crippen molar-refractivity contribution in [2.45, 2.75) is 13.3 Å². The van der Waals surface area contributed by atoms with Gasteiger partial charge in [0, 0.05) is 6.42 Å². The number of ether oxygens (including phenoxy) is 4. The number of fused-ring (bicyclic) bond motifs is 1. The summed E-state index contributed by atoms with van der Waals surface area (Å²) in [5, 5.41) is 0. The monoisotopic (exact) mass is 280 g/mol. The highest BCUT2D eigenvalue weighted by atomic mass is 16.6. The number of ketones is 1. The first-order chi connectivity index (χ1) is 9.69. The summed E-state index contributed by atoms with van der Waals surface area (Å²) in [4.78, 5) is 23.6. The Morgan fingerprint density at radius 3 is 2.70 bits per heavy atom. The van der Waals surface area contributed by atoms with Crippen LogP contribution in [-0.2, 0) is 9.53 Å². The molecule has 2 rings (SSSR count). The molecule has 0 radical (unpaired) electrons. The molecule has 1 heterocycles. The molecule has 6 heteroatoms. The Morgan fingerprint density at radius 1 is 1.25 bits per heavy atom. The lowest BCUT2D eigenvalue weighted by atomic mass is 10.1. The molecule has 1 aliphatic heterocycles. The summed E-state index contributed by atoms with van der Waals surface area (Å²) in [6.07, 6.45) is 0.735. The van der Waals surface area contributed by atoms with Crippen LogP contribution < -0.4 is 14.2 Å². The molecule has 108 valence electrons. The third-order valence-electron chi connectivity index (χ3n) is 2.78. The average Bonchev–Trinajstić information content (AvgIpc) is 2.70. The smallest absolute Gasteiger partial charge is 0.379 e. The summed E-state index contributed by atoms with van der Waals surface area (Å²) < 4.78 is 21.0. The lowest BCUT2D eigenvalue weighted by Gasteiger charge is -2.14.